The molecule has 0 fully saturated rings. The summed E-state index contributed by atoms with van der Waals surface area (Å²) in [6.45, 7) is 1.37. The van der Waals surface area contributed by atoms with Crippen molar-refractivity contribution in [2.24, 2.45) is 0 Å². The third-order valence-electron chi connectivity index (χ3n) is 4.03. The second-order valence-corrected chi connectivity index (χ2v) is 6.83. The maximum atomic E-state index is 14.0. The number of amides is 1. The van der Waals surface area contributed by atoms with Gasteiger partial charge in [-0.1, -0.05) is 24.3 Å². The monoisotopic (exact) mass is 370 g/mol. The van der Waals surface area contributed by atoms with Crippen molar-refractivity contribution in [3.05, 3.63) is 76.4 Å². The number of hydrogen-bond donors (Lipinski definition) is 3. The number of fused-ring (bicyclic) bond motifs is 1. The van der Waals surface area contributed by atoms with E-state index in [9.17, 15) is 9.18 Å². The molecule has 26 heavy (non-hydrogen) atoms. The summed E-state index contributed by atoms with van der Waals surface area (Å²) in [5, 5.41) is 15.1. The number of thiophene rings is 1. The molecule has 6 heteroatoms. The van der Waals surface area contributed by atoms with Crippen molar-refractivity contribution in [3.8, 4) is 0 Å². The molecule has 134 valence electrons. The molecule has 0 bridgehead atoms. The number of nitrogens with one attached hydrogen (secondary N) is 2. The van der Waals surface area contributed by atoms with Gasteiger partial charge in [-0.25, -0.2) is 9.87 Å². The first-order valence-electron chi connectivity index (χ1n) is 8.23. The normalized spacial score (nSPS) is 11.3. The summed E-state index contributed by atoms with van der Waals surface area (Å²) in [4.78, 5) is 10.9. The molecule has 0 spiro atoms. The molecule has 0 radical (unpaired) electrons. The lowest BCUT2D eigenvalue weighted by atomic mass is 10.1. The number of hydroxylamine groups is 1. The van der Waals surface area contributed by atoms with Crippen molar-refractivity contribution < 1.29 is 14.4 Å². The molecule has 3 N–H and O–H groups in total. The second kappa shape index (κ2) is 8.71. The highest BCUT2D eigenvalue weighted by molar-refractivity contribution is 7.17. The van der Waals surface area contributed by atoms with Gasteiger partial charge in [0.15, 0.2) is 0 Å². The van der Waals surface area contributed by atoms with Crippen LogP contribution in [-0.4, -0.2) is 17.7 Å². The fourth-order valence-corrected chi connectivity index (χ4v) is 3.43. The lowest BCUT2D eigenvalue weighted by Crippen LogP contribution is -2.16. The van der Waals surface area contributed by atoms with E-state index in [0.29, 0.717) is 12.1 Å². The summed E-state index contributed by atoms with van der Waals surface area (Å²) in [5.74, 6) is -1.11. The molecule has 0 atom stereocenters. The minimum Gasteiger partial charge on any atom is -0.312 e. The molecule has 4 nitrogen and oxygen atoms in total. The average Bonchev–Trinajstić information content (AvgIpc) is 3.12. The fourth-order valence-electron chi connectivity index (χ4n) is 2.66. The number of halogens is 1. The smallest absolute Gasteiger partial charge is 0.267 e. The van der Waals surface area contributed by atoms with Gasteiger partial charge in [0.25, 0.3) is 5.91 Å². The third-order valence-corrected chi connectivity index (χ3v) is 4.92. The summed E-state index contributed by atoms with van der Waals surface area (Å²) in [6.07, 6.45) is 3.30. The van der Waals surface area contributed by atoms with Crippen molar-refractivity contribution in [1.29, 1.82) is 0 Å². The van der Waals surface area contributed by atoms with Gasteiger partial charge in [-0.15, -0.1) is 11.3 Å². The van der Waals surface area contributed by atoms with E-state index in [4.69, 9.17) is 5.21 Å². The molecule has 2 aromatic carbocycles. The lowest BCUT2D eigenvalue weighted by Gasteiger charge is -2.07. The van der Waals surface area contributed by atoms with Crippen LogP contribution in [0.5, 0.6) is 0 Å². The maximum absolute atomic E-state index is 14.0. The molecule has 0 unspecified atom stereocenters. The quantitative estimate of drug-likeness (QED) is 0.256. The van der Waals surface area contributed by atoms with E-state index in [1.807, 2.05) is 6.07 Å². The van der Waals surface area contributed by atoms with Crippen LogP contribution < -0.4 is 10.8 Å². The Balaban J connectivity index is 1.50. The van der Waals surface area contributed by atoms with E-state index in [0.717, 1.165) is 24.6 Å². The highest BCUT2D eigenvalue weighted by Gasteiger charge is 2.03. The van der Waals surface area contributed by atoms with Crippen LogP contribution >= 0.6 is 11.3 Å². The number of carbonyl (C=O) groups excluding carboxylic acids is 1. The van der Waals surface area contributed by atoms with Gasteiger partial charge < -0.3 is 5.32 Å². The Morgan fingerprint density at radius 1 is 1.15 bits per heavy atom. The molecule has 1 heterocycles. The van der Waals surface area contributed by atoms with Crippen LogP contribution in [0.1, 0.15) is 16.7 Å². The number of hydrogen-bond acceptors (Lipinski definition) is 4. The van der Waals surface area contributed by atoms with Gasteiger partial charge in [-0.05, 0) is 59.1 Å². The van der Waals surface area contributed by atoms with E-state index in [2.05, 4.69) is 35.0 Å². The van der Waals surface area contributed by atoms with Crippen molar-refractivity contribution >= 4 is 33.4 Å². The van der Waals surface area contributed by atoms with Crippen LogP contribution in [0.25, 0.3) is 16.2 Å². The molecule has 0 aliphatic rings. The molecule has 0 saturated heterocycles. The Labute approximate surface area is 154 Å². The summed E-state index contributed by atoms with van der Waals surface area (Å²) < 4.78 is 15.3. The van der Waals surface area contributed by atoms with Crippen LogP contribution in [0.15, 0.2) is 53.9 Å². The predicted octanol–water partition coefficient (Wildman–Crippen LogP) is 3.89. The molecule has 1 aromatic heterocycles. The SMILES string of the molecule is O=C(/C=C/c1ccc(CNCCc2ccc3sccc3c2)cc1F)NO. The van der Waals surface area contributed by atoms with E-state index in [1.54, 1.807) is 17.4 Å². The zero-order valence-corrected chi connectivity index (χ0v) is 14.9. The largest absolute Gasteiger partial charge is 0.312 e. The van der Waals surface area contributed by atoms with Crippen LogP contribution in [-0.2, 0) is 17.8 Å². The van der Waals surface area contributed by atoms with Crippen LogP contribution in [0.2, 0.25) is 0 Å². The molecule has 3 aromatic rings. The Hall–Kier alpha value is -2.54. The van der Waals surface area contributed by atoms with Crippen molar-refractivity contribution in [2.45, 2.75) is 13.0 Å². The Morgan fingerprint density at radius 2 is 2.00 bits per heavy atom. The zero-order chi connectivity index (χ0) is 18.4. The number of benzene rings is 2. The molecule has 0 saturated carbocycles. The van der Waals surface area contributed by atoms with Gasteiger partial charge in [0.2, 0.25) is 0 Å². The van der Waals surface area contributed by atoms with Crippen molar-refractivity contribution in [1.82, 2.24) is 10.8 Å². The lowest BCUT2D eigenvalue weighted by molar-refractivity contribution is -0.124. The van der Waals surface area contributed by atoms with Gasteiger partial charge in [0.1, 0.15) is 5.82 Å². The summed E-state index contributed by atoms with van der Waals surface area (Å²) in [7, 11) is 0. The van der Waals surface area contributed by atoms with Crippen molar-refractivity contribution in [3.63, 3.8) is 0 Å². The first kappa shape index (κ1) is 18.3. The molecule has 0 aliphatic heterocycles. The summed E-state index contributed by atoms with van der Waals surface area (Å²) in [5.41, 5.74) is 3.87. The highest BCUT2D eigenvalue weighted by atomic mass is 32.1. The van der Waals surface area contributed by atoms with Gasteiger partial charge in [0.05, 0.1) is 0 Å². The van der Waals surface area contributed by atoms with Crippen LogP contribution in [0, 0.1) is 5.82 Å². The third kappa shape index (κ3) is 4.76. The van der Waals surface area contributed by atoms with Gasteiger partial charge in [0, 0.05) is 22.9 Å². The van der Waals surface area contributed by atoms with E-state index in [-0.39, 0.29) is 0 Å². The van der Waals surface area contributed by atoms with Gasteiger partial charge >= 0.3 is 0 Å². The fraction of sp³-hybridized carbons (Fsp3) is 0.150. The number of rotatable bonds is 7. The molecular weight excluding hydrogens is 351 g/mol. The van der Waals surface area contributed by atoms with E-state index >= 15 is 0 Å². The van der Waals surface area contributed by atoms with Crippen LogP contribution in [0.4, 0.5) is 4.39 Å². The average molecular weight is 370 g/mol. The summed E-state index contributed by atoms with van der Waals surface area (Å²) in [6, 6.07) is 13.5. The zero-order valence-electron chi connectivity index (χ0n) is 14.0. The Kier molecular flexibility index (Phi) is 6.12. The maximum Gasteiger partial charge on any atom is 0.267 e. The highest BCUT2D eigenvalue weighted by Crippen LogP contribution is 2.21. The Morgan fingerprint density at radius 3 is 2.81 bits per heavy atom. The topological polar surface area (TPSA) is 61.4 Å². The molecule has 0 aliphatic carbocycles. The Bertz CT molecular complexity index is 936. The first-order chi connectivity index (χ1) is 12.7. The minimum atomic E-state index is -0.698. The van der Waals surface area contributed by atoms with Crippen molar-refractivity contribution in [2.75, 3.05) is 6.54 Å². The van der Waals surface area contributed by atoms with E-state index in [1.165, 1.54) is 33.3 Å². The van der Waals surface area contributed by atoms with Gasteiger partial charge in [-0.3, -0.25) is 10.0 Å². The molecular formula is C20H19FN2O2S. The summed E-state index contributed by atoms with van der Waals surface area (Å²) >= 11 is 1.74. The molecule has 1 amide bonds. The van der Waals surface area contributed by atoms with Crippen LogP contribution in [0.3, 0.4) is 0 Å². The molecule has 3 rings (SSSR count). The predicted molar refractivity (Wildman–Crippen MR) is 103 cm³/mol. The number of carbonyl (C=O) groups is 1. The van der Waals surface area contributed by atoms with Gasteiger partial charge in [-0.2, -0.15) is 0 Å². The van der Waals surface area contributed by atoms with E-state index < -0.39 is 11.7 Å². The minimum absolute atomic E-state index is 0.293. The first-order valence-corrected chi connectivity index (χ1v) is 9.11. The second-order valence-electron chi connectivity index (χ2n) is 5.88. The standard InChI is InChI=1S/C20H19FN2O2S/c21-18-12-15(1-3-16(18)4-6-20(24)23-25)13-22-9-7-14-2-5-19-17(11-14)8-10-26-19/h1-6,8,10-12,22,25H,7,9,13H2,(H,23,24)/b6-4+.